The highest BCUT2D eigenvalue weighted by Gasteiger charge is 2.02. The van der Waals surface area contributed by atoms with E-state index in [4.69, 9.17) is 14.2 Å². The van der Waals surface area contributed by atoms with E-state index in [1.807, 2.05) is 6.92 Å². The molecule has 18 heavy (non-hydrogen) atoms. The molecular formula is C14H28O4. The molecule has 0 bridgehead atoms. The van der Waals surface area contributed by atoms with Crippen LogP contribution in [0.5, 0.6) is 0 Å². The number of unbranched alkanes of at least 4 members (excludes halogenated alkanes) is 3. The molecule has 0 aromatic heterocycles. The van der Waals surface area contributed by atoms with Crippen molar-refractivity contribution in [3.63, 3.8) is 0 Å². The maximum atomic E-state index is 11.3. The monoisotopic (exact) mass is 260 g/mol. The number of carbonyl (C=O) groups is 1. The van der Waals surface area contributed by atoms with Gasteiger partial charge in [-0.15, -0.1) is 0 Å². The van der Waals surface area contributed by atoms with Gasteiger partial charge in [0.15, 0.2) is 0 Å². The Morgan fingerprint density at radius 1 is 0.833 bits per heavy atom. The summed E-state index contributed by atoms with van der Waals surface area (Å²) >= 11 is 0. The van der Waals surface area contributed by atoms with Crippen molar-refractivity contribution in [2.45, 2.75) is 52.4 Å². The second-order valence-electron chi connectivity index (χ2n) is 4.19. The zero-order chi connectivity index (χ0) is 13.5. The van der Waals surface area contributed by atoms with Crippen LogP contribution < -0.4 is 0 Å². The summed E-state index contributed by atoms with van der Waals surface area (Å²) in [4.78, 5) is 11.3. The van der Waals surface area contributed by atoms with Crippen molar-refractivity contribution >= 4 is 5.97 Å². The molecule has 0 aromatic rings. The topological polar surface area (TPSA) is 44.8 Å². The summed E-state index contributed by atoms with van der Waals surface area (Å²) in [6, 6.07) is 0. The molecule has 0 fully saturated rings. The van der Waals surface area contributed by atoms with E-state index in [1.54, 1.807) is 0 Å². The molecule has 0 aliphatic heterocycles. The van der Waals surface area contributed by atoms with Crippen molar-refractivity contribution < 1.29 is 19.0 Å². The first-order valence-electron chi connectivity index (χ1n) is 7.12. The molecule has 0 spiro atoms. The quantitative estimate of drug-likeness (QED) is 0.377. The molecule has 4 nitrogen and oxygen atoms in total. The Bertz CT molecular complexity index is 183. The molecule has 0 atom stereocenters. The molecule has 0 rings (SSSR count). The van der Waals surface area contributed by atoms with Crippen molar-refractivity contribution in [1.82, 2.24) is 0 Å². The Labute approximate surface area is 111 Å². The third-order valence-electron chi connectivity index (χ3n) is 2.51. The maximum Gasteiger partial charge on any atom is 0.305 e. The zero-order valence-corrected chi connectivity index (χ0v) is 11.9. The Morgan fingerprint density at radius 2 is 1.61 bits per heavy atom. The molecular weight excluding hydrogens is 232 g/mol. The summed E-state index contributed by atoms with van der Waals surface area (Å²) in [5.41, 5.74) is 0. The second kappa shape index (κ2) is 14.5. The normalized spacial score (nSPS) is 10.6. The molecule has 108 valence electrons. The number of esters is 1. The summed E-state index contributed by atoms with van der Waals surface area (Å²) in [7, 11) is 0. The van der Waals surface area contributed by atoms with Crippen molar-refractivity contribution in [3.8, 4) is 0 Å². The molecule has 0 amide bonds. The van der Waals surface area contributed by atoms with E-state index in [0.29, 0.717) is 39.5 Å². The molecule has 0 aliphatic carbocycles. The minimum absolute atomic E-state index is 0.111. The highest BCUT2D eigenvalue weighted by Crippen LogP contribution is 2.00. The number of carbonyl (C=O) groups excluding carboxylic acids is 1. The predicted molar refractivity (Wildman–Crippen MR) is 71.6 cm³/mol. The third kappa shape index (κ3) is 13.5. The number of ether oxygens (including phenoxy) is 3. The van der Waals surface area contributed by atoms with Crippen LogP contribution >= 0.6 is 0 Å². The predicted octanol–water partition coefficient (Wildman–Crippen LogP) is 2.94. The highest BCUT2D eigenvalue weighted by molar-refractivity contribution is 5.69. The summed E-state index contributed by atoms with van der Waals surface area (Å²) in [6.07, 6.45) is 5.70. The standard InChI is InChI=1S/C14H28O4/c1-3-5-6-7-11-18-14(15)9-8-10-17-13-12-16-4-2/h3-13H2,1-2H3. The fourth-order valence-corrected chi connectivity index (χ4v) is 1.47. The van der Waals surface area contributed by atoms with Crippen LogP contribution in [0.4, 0.5) is 0 Å². The number of rotatable bonds is 13. The molecule has 0 aliphatic rings. The van der Waals surface area contributed by atoms with Gasteiger partial charge >= 0.3 is 5.97 Å². The Hall–Kier alpha value is -0.610. The van der Waals surface area contributed by atoms with Gasteiger partial charge in [0.05, 0.1) is 19.8 Å². The minimum Gasteiger partial charge on any atom is -0.466 e. The first-order chi connectivity index (χ1) is 8.81. The van der Waals surface area contributed by atoms with Crippen molar-refractivity contribution in [1.29, 1.82) is 0 Å². The van der Waals surface area contributed by atoms with Crippen LogP contribution in [0, 0.1) is 0 Å². The largest absolute Gasteiger partial charge is 0.466 e. The first kappa shape index (κ1) is 17.4. The fraction of sp³-hybridized carbons (Fsp3) is 0.929. The van der Waals surface area contributed by atoms with Crippen LogP contribution in [0.2, 0.25) is 0 Å². The summed E-state index contributed by atoms with van der Waals surface area (Å²) < 4.78 is 15.6. The maximum absolute atomic E-state index is 11.3. The van der Waals surface area contributed by atoms with Crippen LogP contribution in [0.25, 0.3) is 0 Å². The van der Waals surface area contributed by atoms with E-state index in [-0.39, 0.29) is 5.97 Å². The average molecular weight is 260 g/mol. The van der Waals surface area contributed by atoms with Gasteiger partial charge in [0.1, 0.15) is 0 Å². The zero-order valence-electron chi connectivity index (χ0n) is 11.9. The summed E-state index contributed by atoms with van der Waals surface area (Å²) in [5.74, 6) is -0.111. The van der Waals surface area contributed by atoms with Crippen LogP contribution in [-0.4, -0.2) is 39.0 Å². The first-order valence-corrected chi connectivity index (χ1v) is 7.12. The van der Waals surface area contributed by atoms with E-state index < -0.39 is 0 Å². The van der Waals surface area contributed by atoms with Crippen LogP contribution in [0.3, 0.4) is 0 Å². The second-order valence-corrected chi connectivity index (χ2v) is 4.19. The number of hydrogen-bond acceptors (Lipinski definition) is 4. The van der Waals surface area contributed by atoms with Gasteiger partial charge in [0, 0.05) is 19.6 Å². The van der Waals surface area contributed by atoms with E-state index >= 15 is 0 Å². The van der Waals surface area contributed by atoms with Gasteiger partial charge in [0.2, 0.25) is 0 Å². The Morgan fingerprint density at radius 3 is 2.33 bits per heavy atom. The molecule has 0 heterocycles. The SMILES string of the molecule is CCCCCCOC(=O)CCCOCCOCC. The third-order valence-corrected chi connectivity index (χ3v) is 2.51. The Balaban J connectivity index is 3.12. The van der Waals surface area contributed by atoms with Gasteiger partial charge in [-0.05, 0) is 19.8 Å². The van der Waals surface area contributed by atoms with Crippen LogP contribution in [0.15, 0.2) is 0 Å². The average Bonchev–Trinajstić information content (AvgIpc) is 2.37. The highest BCUT2D eigenvalue weighted by atomic mass is 16.5. The molecule has 0 N–H and O–H groups in total. The lowest BCUT2D eigenvalue weighted by Gasteiger charge is -2.05. The molecule has 0 saturated carbocycles. The molecule has 0 saturated heterocycles. The van der Waals surface area contributed by atoms with Gasteiger partial charge in [-0.1, -0.05) is 26.2 Å². The van der Waals surface area contributed by atoms with Gasteiger partial charge in [0.25, 0.3) is 0 Å². The lowest BCUT2D eigenvalue weighted by Crippen LogP contribution is -2.09. The lowest BCUT2D eigenvalue weighted by atomic mass is 10.2. The van der Waals surface area contributed by atoms with E-state index in [1.165, 1.54) is 12.8 Å². The van der Waals surface area contributed by atoms with Crippen molar-refractivity contribution in [3.05, 3.63) is 0 Å². The van der Waals surface area contributed by atoms with Crippen LogP contribution in [0.1, 0.15) is 52.4 Å². The van der Waals surface area contributed by atoms with Crippen LogP contribution in [-0.2, 0) is 19.0 Å². The van der Waals surface area contributed by atoms with E-state index in [0.717, 1.165) is 19.3 Å². The van der Waals surface area contributed by atoms with Gasteiger partial charge in [-0.2, -0.15) is 0 Å². The van der Waals surface area contributed by atoms with Gasteiger partial charge < -0.3 is 14.2 Å². The van der Waals surface area contributed by atoms with Crippen molar-refractivity contribution in [2.24, 2.45) is 0 Å². The molecule has 0 unspecified atom stereocenters. The minimum atomic E-state index is -0.111. The van der Waals surface area contributed by atoms with Gasteiger partial charge in [-0.25, -0.2) is 0 Å². The summed E-state index contributed by atoms with van der Waals surface area (Å²) in [6.45, 7) is 7.21. The molecule has 0 radical (unpaired) electrons. The van der Waals surface area contributed by atoms with Gasteiger partial charge in [-0.3, -0.25) is 4.79 Å². The lowest BCUT2D eigenvalue weighted by molar-refractivity contribution is -0.144. The van der Waals surface area contributed by atoms with Crippen molar-refractivity contribution in [2.75, 3.05) is 33.0 Å². The van der Waals surface area contributed by atoms with E-state index in [2.05, 4.69) is 6.92 Å². The molecule has 4 heteroatoms. The summed E-state index contributed by atoms with van der Waals surface area (Å²) in [5, 5.41) is 0. The molecule has 0 aromatic carbocycles. The smallest absolute Gasteiger partial charge is 0.305 e. The van der Waals surface area contributed by atoms with E-state index in [9.17, 15) is 4.79 Å². The fourth-order valence-electron chi connectivity index (χ4n) is 1.47. The number of hydrogen-bond donors (Lipinski definition) is 0. The Kier molecular flexibility index (Phi) is 14.0.